The number of halogens is 1. The van der Waals surface area contributed by atoms with Gasteiger partial charge in [-0.3, -0.25) is 0 Å². The van der Waals surface area contributed by atoms with Crippen LogP contribution in [0.3, 0.4) is 0 Å². The zero-order valence-corrected chi connectivity index (χ0v) is 13.5. The predicted octanol–water partition coefficient (Wildman–Crippen LogP) is 1.37. The van der Waals surface area contributed by atoms with Crippen molar-refractivity contribution in [3.63, 3.8) is 0 Å². The quantitative estimate of drug-likeness (QED) is 0.557. The van der Waals surface area contributed by atoms with Gasteiger partial charge in [0.25, 0.3) is 0 Å². The van der Waals surface area contributed by atoms with Crippen LogP contribution < -0.4 is 10.5 Å². The van der Waals surface area contributed by atoms with E-state index in [2.05, 4.69) is 25.1 Å². The molecule has 0 fully saturated rings. The molecule has 0 radical (unpaired) electrons. The maximum Gasteiger partial charge on any atom is 0.225 e. The number of fused-ring (bicyclic) bond motifs is 3. The molecule has 0 aliphatic heterocycles. The lowest BCUT2D eigenvalue weighted by Crippen LogP contribution is -2.06. The molecule has 4 aromatic rings. The number of ether oxygens (including phenoxy) is 1. The molecule has 0 aliphatic rings. The average Bonchev–Trinajstić information content (AvgIpc) is 3.20. The van der Waals surface area contributed by atoms with Gasteiger partial charge in [0.15, 0.2) is 17.0 Å². The maximum absolute atomic E-state index is 6.03. The number of hydrogen-bond donors (Lipinski definition) is 1. The molecular formula is C14H13ClN8O. The Hall–Kier alpha value is -2.94. The van der Waals surface area contributed by atoms with Gasteiger partial charge in [-0.1, -0.05) is 0 Å². The smallest absolute Gasteiger partial charge is 0.225 e. The third-order valence-electron chi connectivity index (χ3n) is 3.60. The number of methoxy groups -OCH3 is 1. The number of nitrogens with two attached hydrogens (primary N) is 1. The minimum absolute atomic E-state index is 0.211. The fraction of sp³-hybridized carbons (Fsp3) is 0.214. The van der Waals surface area contributed by atoms with Gasteiger partial charge in [0.05, 0.1) is 25.2 Å². The van der Waals surface area contributed by atoms with Crippen molar-refractivity contribution in [1.82, 2.24) is 34.3 Å². The van der Waals surface area contributed by atoms with Crippen LogP contribution >= 0.6 is 11.6 Å². The first kappa shape index (κ1) is 14.6. The first-order chi connectivity index (χ1) is 11.7. The van der Waals surface area contributed by atoms with E-state index >= 15 is 0 Å². The summed E-state index contributed by atoms with van der Waals surface area (Å²) >= 11 is 5.79. The molecule has 0 saturated heterocycles. The lowest BCUT2D eigenvalue weighted by atomic mass is 10.3. The summed E-state index contributed by atoms with van der Waals surface area (Å²) in [5.41, 5.74) is 7.74. The molecule has 0 aliphatic carbocycles. The number of nitrogen functional groups attached to an aromatic ring is 1. The minimum Gasteiger partial charge on any atom is -0.494 e. The van der Waals surface area contributed by atoms with Crippen molar-refractivity contribution in [3.05, 3.63) is 24.5 Å². The molecule has 0 aromatic carbocycles. The molecule has 2 N–H and O–H groups in total. The standard InChI is InChI=1S/C14H13ClN8O/c1-24-9-3-2-5-17-10(9)11-19-13-8-7-18-22(6-4-15)12(8)20-14(16)23(13)21-11/h2-3,5,7H,4,6H2,1H3,(H2,16,20). The summed E-state index contributed by atoms with van der Waals surface area (Å²) in [6, 6.07) is 3.58. The van der Waals surface area contributed by atoms with Crippen molar-refractivity contribution in [2.75, 3.05) is 18.7 Å². The van der Waals surface area contributed by atoms with Crippen LogP contribution in [0, 0.1) is 0 Å². The summed E-state index contributed by atoms with van der Waals surface area (Å²) in [5.74, 6) is 1.61. The van der Waals surface area contributed by atoms with Gasteiger partial charge in [-0.2, -0.15) is 14.6 Å². The third-order valence-corrected chi connectivity index (χ3v) is 3.76. The predicted molar refractivity (Wildman–Crippen MR) is 89.0 cm³/mol. The largest absolute Gasteiger partial charge is 0.494 e. The number of pyridine rings is 1. The van der Waals surface area contributed by atoms with Gasteiger partial charge in [0.2, 0.25) is 11.8 Å². The Kier molecular flexibility index (Phi) is 3.42. The van der Waals surface area contributed by atoms with Gasteiger partial charge in [0.1, 0.15) is 5.75 Å². The number of aryl methyl sites for hydroxylation is 1. The van der Waals surface area contributed by atoms with E-state index in [9.17, 15) is 0 Å². The summed E-state index contributed by atoms with van der Waals surface area (Å²) < 4.78 is 8.48. The van der Waals surface area contributed by atoms with Crippen LogP contribution in [0.25, 0.3) is 28.2 Å². The topological polar surface area (TPSA) is 109 Å². The van der Waals surface area contributed by atoms with Crippen molar-refractivity contribution in [3.8, 4) is 17.3 Å². The monoisotopic (exact) mass is 344 g/mol. The first-order valence-electron chi connectivity index (χ1n) is 7.16. The fourth-order valence-electron chi connectivity index (χ4n) is 2.52. The zero-order valence-electron chi connectivity index (χ0n) is 12.7. The molecule has 9 nitrogen and oxygen atoms in total. The summed E-state index contributed by atoms with van der Waals surface area (Å²) in [4.78, 5) is 13.2. The van der Waals surface area contributed by atoms with E-state index in [0.717, 1.165) is 5.39 Å². The lowest BCUT2D eigenvalue weighted by Gasteiger charge is -2.02. The molecule has 122 valence electrons. The van der Waals surface area contributed by atoms with Crippen LogP contribution in [0.4, 0.5) is 5.95 Å². The second kappa shape index (κ2) is 5.60. The Morgan fingerprint density at radius 1 is 1.29 bits per heavy atom. The zero-order chi connectivity index (χ0) is 16.7. The van der Waals surface area contributed by atoms with E-state index in [1.54, 1.807) is 36.3 Å². The van der Waals surface area contributed by atoms with Gasteiger partial charge in [-0.05, 0) is 12.1 Å². The molecule has 4 aromatic heterocycles. The molecule has 24 heavy (non-hydrogen) atoms. The molecular weight excluding hydrogens is 332 g/mol. The van der Waals surface area contributed by atoms with E-state index in [0.29, 0.717) is 41.0 Å². The van der Waals surface area contributed by atoms with Gasteiger partial charge < -0.3 is 10.5 Å². The molecule has 0 amide bonds. The van der Waals surface area contributed by atoms with Crippen LogP contribution in [-0.4, -0.2) is 47.3 Å². The van der Waals surface area contributed by atoms with Crippen molar-refractivity contribution < 1.29 is 4.74 Å². The highest BCUT2D eigenvalue weighted by Crippen LogP contribution is 2.27. The molecule has 0 atom stereocenters. The third kappa shape index (κ3) is 2.13. The van der Waals surface area contributed by atoms with E-state index in [1.165, 1.54) is 4.52 Å². The van der Waals surface area contributed by atoms with E-state index < -0.39 is 0 Å². The SMILES string of the molecule is COc1cccnc1-c1nc2c3cnn(CCCl)c3nc(N)n2n1. The maximum atomic E-state index is 6.03. The van der Waals surface area contributed by atoms with Crippen molar-refractivity contribution in [2.24, 2.45) is 0 Å². The van der Waals surface area contributed by atoms with Gasteiger partial charge in [-0.15, -0.1) is 16.7 Å². The Morgan fingerprint density at radius 2 is 2.17 bits per heavy atom. The van der Waals surface area contributed by atoms with Crippen molar-refractivity contribution >= 4 is 34.2 Å². The van der Waals surface area contributed by atoms with E-state index in [1.807, 2.05) is 0 Å². The normalized spacial score (nSPS) is 11.4. The number of rotatable bonds is 4. The van der Waals surface area contributed by atoms with Gasteiger partial charge in [-0.25, -0.2) is 14.6 Å². The Labute approximate surface area is 141 Å². The summed E-state index contributed by atoms with van der Waals surface area (Å²) in [6.07, 6.45) is 3.33. The highest BCUT2D eigenvalue weighted by molar-refractivity contribution is 6.17. The summed E-state index contributed by atoms with van der Waals surface area (Å²) in [6.45, 7) is 0.530. The van der Waals surface area contributed by atoms with Crippen LogP contribution in [0.15, 0.2) is 24.5 Å². The summed E-state index contributed by atoms with van der Waals surface area (Å²) in [7, 11) is 1.57. The van der Waals surface area contributed by atoms with Crippen molar-refractivity contribution in [1.29, 1.82) is 0 Å². The second-order valence-corrected chi connectivity index (χ2v) is 5.37. The van der Waals surface area contributed by atoms with Gasteiger partial charge in [0, 0.05) is 12.1 Å². The number of hydrogen-bond acceptors (Lipinski definition) is 7. The summed E-state index contributed by atoms with van der Waals surface area (Å²) in [5, 5.41) is 9.43. The van der Waals surface area contributed by atoms with Gasteiger partial charge >= 0.3 is 0 Å². The van der Waals surface area contributed by atoms with Crippen LogP contribution in [-0.2, 0) is 6.54 Å². The Balaban J connectivity index is 1.98. The van der Waals surface area contributed by atoms with E-state index in [-0.39, 0.29) is 5.95 Å². The van der Waals surface area contributed by atoms with E-state index in [4.69, 9.17) is 22.1 Å². The number of anilines is 1. The number of aromatic nitrogens is 7. The molecule has 0 unspecified atom stereocenters. The fourth-order valence-corrected chi connectivity index (χ4v) is 2.68. The lowest BCUT2D eigenvalue weighted by molar-refractivity contribution is 0.414. The second-order valence-electron chi connectivity index (χ2n) is 4.99. The van der Waals surface area contributed by atoms with Crippen molar-refractivity contribution in [2.45, 2.75) is 6.54 Å². The number of nitrogens with zero attached hydrogens (tertiary/aromatic N) is 7. The highest BCUT2D eigenvalue weighted by atomic mass is 35.5. The van der Waals surface area contributed by atoms with Crippen LogP contribution in [0.5, 0.6) is 5.75 Å². The molecule has 0 bridgehead atoms. The highest BCUT2D eigenvalue weighted by Gasteiger charge is 2.18. The Bertz CT molecular complexity index is 1040. The number of alkyl halides is 1. The minimum atomic E-state index is 0.211. The first-order valence-corrected chi connectivity index (χ1v) is 7.69. The Morgan fingerprint density at radius 3 is 2.96 bits per heavy atom. The molecule has 10 heteroatoms. The molecule has 4 rings (SSSR count). The molecule has 0 spiro atoms. The molecule has 4 heterocycles. The van der Waals surface area contributed by atoms with Crippen LogP contribution in [0.2, 0.25) is 0 Å². The van der Waals surface area contributed by atoms with Crippen LogP contribution in [0.1, 0.15) is 0 Å². The average molecular weight is 345 g/mol. The molecule has 0 saturated carbocycles.